The molecule has 0 aromatic carbocycles. The summed E-state index contributed by atoms with van der Waals surface area (Å²) in [7, 11) is 0. The van der Waals surface area contributed by atoms with Crippen LogP contribution in [0.2, 0.25) is 0 Å². The van der Waals surface area contributed by atoms with E-state index in [1.165, 1.54) is 12.8 Å². The van der Waals surface area contributed by atoms with Crippen molar-refractivity contribution >= 4 is 11.8 Å². The van der Waals surface area contributed by atoms with Crippen LogP contribution < -0.4 is 16.0 Å². The Morgan fingerprint density at radius 1 is 1.24 bits per heavy atom. The van der Waals surface area contributed by atoms with E-state index in [-0.39, 0.29) is 23.9 Å². The van der Waals surface area contributed by atoms with Crippen LogP contribution in [0.3, 0.4) is 0 Å². The minimum Gasteiger partial charge on any atom is -0.354 e. The van der Waals surface area contributed by atoms with Gasteiger partial charge in [-0.15, -0.1) is 0 Å². The molecule has 0 aromatic heterocycles. The topological polar surface area (TPSA) is 70.2 Å². The monoisotopic (exact) mass is 239 g/mol. The van der Waals surface area contributed by atoms with Crippen LogP contribution in [0.25, 0.3) is 0 Å². The van der Waals surface area contributed by atoms with Crippen molar-refractivity contribution in [2.75, 3.05) is 13.1 Å². The molecule has 2 unspecified atom stereocenters. The zero-order valence-corrected chi connectivity index (χ0v) is 10.1. The number of hydrogen-bond acceptors (Lipinski definition) is 3. The Morgan fingerprint density at radius 3 is 2.82 bits per heavy atom. The first-order valence-electron chi connectivity index (χ1n) is 6.56. The number of carbonyl (C=O) groups excluding carboxylic acids is 2. The minimum atomic E-state index is -0.320. The standard InChI is InChI=1S/C12H21N3O2/c16-11(8-9-4-1-2-6-13-9)15-10-5-3-7-14-12(10)17/h9-10,13H,1-8H2,(H,14,17)(H,15,16). The van der Waals surface area contributed by atoms with E-state index in [0.29, 0.717) is 6.42 Å². The summed E-state index contributed by atoms with van der Waals surface area (Å²) in [6.45, 7) is 1.73. The average molecular weight is 239 g/mol. The summed E-state index contributed by atoms with van der Waals surface area (Å²) in [6, 6.07) is -0.0322. The summed E-state index contributed by atoms with van der Waals surface area (Å²) in [5.41, 5.74) is 0. The highest BCUT2D eigenvalue weighted by molar-refractivity contribution is 5.88. The van der Waals surface area contributed by atoms with Crippen molar-refractivity contribution in [1.82, 2.24) is 16.0 Å². The molecule has 3 N–H and O–H groups in total. The Morgan fingerprint density at radius 2 is 2.12 bits per heavy atom. The summed E-state index contributed by atoms with van der Waals surface area (Å²) in [4.78, 5) is 23.3. The first kappa shape index (κ1) is 12.4. The number of rotatable bonds is 3. The third kappa shape index (κ3) is 3.70. The molecule has 0 spiro atoms. The largest absolute Gasteiger partial charge is 0.354 e. The van der Waals surface area contributed by atoms with E-state index in [2.05, 4.69) is 16.0 Å². The SMILES string of the molecule is O=C(CC1CCCCN1)NC1CCCNC1=O. The molecule has 0 aromatic rings. The maximum absolute atomic E-state index is 11.8. The van der Waals surface area contributed by atoms with Crippen LogP contribution in [0.4, 0.5) is 0 Å². The maximum Gasteiger partial charge on any atom is 0.242 e. The molecule has 5 nitrogen and oxygen atoms in total. The van der Waals surface area contributed by atoms with Crippen molar-refractivity contribution in [3.63, 3.8) is 0 Å². The Labute approximate surface area is 102 Å². The van der Waals surface area contributed by atoms with Gasteiger partial charge < -0.3 is 16.0 Å². The Hall–Kier alpha value is -1.10. The molecule has 0 bridgehead atoms. The van der Waals surface area contributed by atoms with Gasteiger partial charge in [-0.3, -0.25) is 9.59 Å². The summed E-state index contributed by atoms with van der Waals surface area (Å²) in [5.74, 6) is -0.0485. The molecule has 2 heterocycles. The van der Waals surface area contributed by atoms with Crippen LogP contribution in [0, 0.1) is 0 Å². The molecule has 0 aliphatic carbocycles. The lowest BCUT2D eigenvalue weighted by molar-refractivity contribution is -0.130. The second kappa shape index (κ2) is 6.00. The van der Waals surface area contributed by atoms with Crippen molar-refractivity contribution in [2.45, 2.75) is 50.6 Å². The maximum atomic E-state index is 11.8. The first-order valence-corrected chi connectivity index (χ1v) is 6.56. The molecule has 2 atom stereocenters. The molecule has 2 rings (SSSR count). The zero-order valence-electron chi connectivity index (χ0n) is 10.1. The van der Waals surface area contributed by atoms with Gasteiger partial charge in [-0.25, -0.2) is 0 Å². The smallest absolute Gasteiger partial charge is 0.242 e. The van der Waals surface area contributed by atoms with Gasteiger partial charge >= 0.3 is 0 Å². The van der Waals surface area contributed by atoms with E-state index in [1.54, 1.807) is 0 Å². The second-order valence-corrected chi connectivity index (χ2v) is 4.90. The molecule has 96 valence electrons. The number of carbonyl (C=O) groups is 2. The van der Waals surface area contributed by atoms with Crippen LogP contribution in [0.1, 0.15) is 38.5 Å². The molecule has 0 saturated carbocycles. The van der Waals surface area contributed by atoms with Crippen molar-refractivity contribution in [3.05, 3.63) is 0 Å². The number of amides is 2. The third-order valence-electron chi connectivity index (χ3n) is 3.46. The van der Waals surface area contributed by atoms with E-state index in [4.69, 9.17) is 0 Å². The first-order chi connectivity index (χ1) is 8.25. The summed E-state index contributed by atoms with van der Waals surface area (Å²) < 4.78 is 0. The Bertz CT molecular complexity index is 287. The van der Waals surface area contributed by atoms with Gasteiger partial charge in [0.2, 0.25) is 11.8 Å². The van der Waals surface area contributed by atoms with Gasteiger partial charge in [0.15, 0.2) is 0 Å². The normalized spacial score (nSPS) is 29.5. The quantitative estimate of drug-likeness (QED) is 0.645. The summed E-state index contributed by atoms with van der Waals surface area (Å²) >= 11 is 0. The van der Waals surface area contributed by atoms with Crippen molar-refractivity contribution in [3.8, 4) is 0 Å². The second-order valence-electron chi connectivity index (χ2n) is 4.90. The highest BCUT2D eigenvalue weighted by atomic mass is 16.2. The summed E-state index contributed by atoms with van der Waals surface area (Å²) in [5, 5.41) is 8.93. The predicted octanol–water partition coefficient (Wildman–Crippen LogP) is -0.0866. The van der Waals surface area contributed by atoms with Crippen LogP contribution in [-0.4, -0.2) is 37.0 Å². The number of piperidine rings is 2. The van der Waals surface area contributed by atoms with E-state index in [9.17, 15) is 9.59 Å². The van der Waals surface area contributed by atoms with E-state index >= 15 is 0 Å². The molecule has 2 aliphatic heterocycles. The number of nitrogens with one attached hydrogen (secondary N) is 3. The molecular weight excluding hydrogens is 218 g/mol. The van der Waals surface area contributed by atoms with Crippen molar-refractivity contribution < 1.29 is 9.59 Å². The van der Waals surface area contributed by atoms with Crippen molar-refractivity contribution in [1.29, 1.82) is 0 Å². The van der Waals surface area contributed by atoms with Crippen molar-refractivity contribution in [2.24, 2.45) is 0 Å². The highest BCUT2D eigenvalue weighted by Crippen LogP contribution is 2.10. The molecule has 17 heavy (non-hydrogen) atoms. The van der Waals surface area contributed by atoms with E-state index in [1.807, 2.05) is 0 Å². The molecule has 0 radical (unpaired) electrons. The average Bonchev–Trinajstić information content (AvgIpc) is 2.33. The van der Waals surface area contributed by atoms with Gasteiger partial charge in [-0.2, -0.15) is 0 Å². The molecule has 2 aliphatic rings. The fourth-order valence-corrected chi connectivity index (χ4v) is 2.49. The molecule has 2 amide bonds. The summed E-state index contributed by atoms with van der Waals surface area (Å²) in [6.07, 6.45) is 5.64. The lowest BCUT2D eigenvalue weighted by Gasteiger charge is -2.26. The molecule has 5 heteroatoms. The van der Waals surface area contributed by atoms with Gasteiger partial charge in [-0.1, -0.05) is 6.42 Å². The highest BCUT2D eigenvalue weighted by Gasteiger charge is 2.24. The van der Waals surface area contributed by atoms with E-state index < -0.39 is 0 Å². The van der Waals surface area contributed by atoms with Crippen LogP contribution in [0.5, 0.6) is 0 Å². The minimum absolute atomic E-state index is 0.00792. The Kier molecular flexibility index (Phi) is 4.36. The zero-order chi connectivity index (χ0) is 12.1. The van der Waals surface area contributed by atoms with Gasteiger partial charge in [0.05, 0.1) is 0 Å². The van der Waals surface area contributed by atoms with Gasteiger partial charge in [0.1, 0.15) is 6.04 Å². The third-order valence-corrected chi connectivity index (χ3v) is 3.46. The van der Waals surface area contributed by atoms with Crippen LogP contribution in [0.15, 0.2) is 0 Å². The predicted molar refractivity (Wildman–Crippen MR) is 64.4 cm³/mol. The fraction of sp³-hybridized carbons (Fsp3) is 0.833. The molecular formula is C12H21N3O2. The van der Waals surface area contributed by atoms with E-state index in [0.717, 1.165) is 32.4 Å². The van der Waals surface area contributed by atoms with Crippen LogP contribution in [-0.2, 0) is 9.59 Å². The van der Waals surface area contributed by atoms with Gasteiger partial charge in [0.25, 0.3) is 0 Å². The van der Waals surface area contributed by atoms with Gasteiger partial charge in [-0.05, 0) is 32.2 Å². The van der Waals surface area contributed by atoms with Gasteiger partial charge in [0, 0.05) is 19.0 Å². The Balaban J connectivity index is 1.74. The molecule has 2 fully saturated rings. The molecule has 2 saturated heterocycles. The lowest BCUT2D eigenvalue weighted by Crippen LogP contribution is -2.51. The lowest BCUT2D eigenvalue weighted by atomic mass is 10.0. The van der Waals surface area contributed by atoms with Crippen LogP contribution >= 0.6 is 0 Å². The number of hydrogen-bond donors (Lipinski definition) is 3. The fourth-order valence-electron chi connectivity index (χ4n) is 2.49.